The van der Waals surface area contributed by atoms with Gasteiger partial charge in [0.15, 0.2) is 5.16 Å². The van der Waals surface area contributed by atoms with Crippen LogP contribution in [0.15, 0.2) is 65.8 Å². The Bertz CT molecular complexity index is 998. The number of thioether (sulfide) groups is 1. The molecule has 1 unspecified atom stereocenters. The van der Waals surface area contributed by atoms with E-state index in [1.807, 2.05) is 0 Å². The van der Waals surface area contributed by atoms with Gasteiger partial charge in [-0.15, -0.1) is 0 Å². The lowest BCUT2D eigenvalue weighted by molar-refractivity contribution is -0.141. The van der Waals surface area contributed by atoms with Gasteiger partial charge in [-0.1, -0.05) is 53.7 Å². The zero-order valence-corrected chi connectivity index (χ0v) is 16.6. The van der Waals surface area contributed by atoms with Gasteiger partial charge in [0.2, 0.25) is 5.91 Å². The first-order chi connectivity index (χ1) is 13.7. The number of halogens is 4. The first-order valence-corrected chi connectivity index (χ1v) is 9.73. The van der Waals surface area contributed by atoms with Crippen molar-refractivity contribution in [3.8, 4) is 11.3 Å². The second-order valence-electron chi connectivity index (χ2n) is 6.04. The van der Waals surface area contributed by atoms with Crippen molar-refractivity contribution in [2.75, 3.05) is 5.32 Å². The molecule has 9 heteroatoms. The van der Waals surface area contributed by atoms with Crippen LogP contribution >= 0.6 is 23.4 Å². The molecule has 0 saturated heterocycles. The van der Waals surface area contributed by atoms with E-state index in [2.05, 4.69) is 15.3 Å². The van der Waals surface area contributed by atoms with E-state index in [-0.39, 0.29) is 16.8 Å². The topological polar surface area (TPSA) is 54.9 Å². The van der Waals surface area contributed by atoms with Gasteiger partial charge in [0.1, 0.15) is 5.69 Å². The minimum Gasteiger partial charge on any atom is -0.325 e. The molecule has 1 atom stereocenters. The van der Waals surface area contributed by atoms with Gasteiger partial charge >= 0.3 is 6.18 Å². The SMILES string of the molecule is CC(Sc1nc(-c2ccccc2)cc(C(F)(F)F)n1)C(=O)Nc1ccc(Cl)cc1. The van der Waals surface area contributed by atoms with Gasteiger partial charge < -0.3 is 5.32 Å². The molecule has 0 radical (unpaired) electrons. The Labute approximate surface area is 174 Å². The van der Waals surface area contributed by atoms with Gasteiger partial charge in [-0.2, -0.15) is 13.2 Å². The molecule has 0 saturated carbocycles. The van der Waals surface area contributed by atoms with Gasteiger partial charge in [-0.25, -0.2) is 9.97 Å². The van der Waals surface area contributed by atoms with Gasteiger partial charge in [0, 0.05) is 16.3 Å². The molecule has 0 aliphatic rings. The van der Waals surface area contributed by atoms with Gasteiger partial charge in [0.05, 0.1) is 10.9 Å². The van der Waals surface area contributed by atoms with E-state index < -0.39 is 17.1 Å². The molecule has 0 spiro atoms. The predicted molar refractivity (Wildman–Crippen MR) is 108 cm³/mol. The molecule has 3 aromatic rings. The maximum absolute atomic E-state index is 13.3. The summed E-state index contributed by atoms with van der Waals surface area (Å²) in [4.78, 5) is 20.2. The number of anilines is 1. The maximum atomic E-state index is 13.3. The van der Waals surface area contributed by atoms with Crippen LogP contribution in [0.5, 0.6) is 0 Å². The average molecular weight is 438 g/mol. The van der Waals surface area contributed by atoms with Crippen molar-refractivity contribution < 1.29 is 18.0 Å². The first-order valence-electron chi connectivity index (χ1n) is 8.47. The Balaban J connectivity index is 1.83. The lowest BCUT2D eigenvalue weighted by atomic mass is 10.1. The molecule has 0 bridgehead atoms. The van der Waals surface area contributed by atoms with Crippen LogP contribution in [0.25, 0.3) is 11.3 Å². The highest BCUT2D eigenvalue weighted by Gasteiger charge is 2.34. The molecule has 0 aliphatic carbocycles. The summed E-state index contributed by atoms with van der Waals surface area (Å²) in [5, 5.41) is 2.36. The average Bonchev–Trinajstić information content (AvgIpc) is 2.69. The fraction of sp³-hybridized carbons (Fsp3) is 0.150. The molecule has 3 rings (SSSR count). The second kappa shape index (κ2) is 8.84. The monoisotopic (exact) mass is 437 g/mol. The lowest BCUT2D eigenvalue weighted by Gasteiger charge is -2.14. The van der Waals surface area contributed by atoms with E-state index in [0.717, 1.165) is 17.8 Å². The molecule has 1 aromatic heterocycles. The Morgan fingerprint density at radius 3 is 2.34 bits per heavy atom. The minimum absolute atomic E-state index is 0.127. The van der Waals surface area contributed by atoms with Crippen LogP contribution in [-0.2, 0) is 11.0 Å². The molecule has 1 amide bonds. The van der Waals surface area contributed by atoms with Crippen LogP contribution in [0.3, 0.4) is 0 Å². The van der Waals surface area contributed by atoms with E-state index >= 15 is 0 Å². The van der Waals surface area contributed by atoms with Crippen molar-refractivity contribution in [1.29, 1.82) is 0 Å². The Morgan fingerprint density at radius 1 is 1.07 bits per heavy atom. The number of carbonyl (C=O) groups is 1. The zero-order valence-electron chi connectivity index (χ0n) is 15.1. The summed E-state index contributed by atoms with van der Waals surface area (Å²) in [6.45, 7) is 1.57. The largest absolute Gasteiger partial charge is 0.433 e. The quantitative estimate of drug-likeness (QED) is 0.396. The highest BCUT2D eigenvalue weighted by atomic mass is 35.5. The summed E-state index contributed by atoms with van der Waals surface area (Å²) in [6.07, 6.45) is -4.63. The van der Waals surface area contributed by atoms with Crippen LogP contribution in [0.2, 0.25) is 5.02 Å². The standard InChI is InChI=1S/C20H15ClF3N3OS/c1-12(18(28)25-15-9-7-14(21)8-10-15)29-19-26-16(13-5-3-2-4-6-13)11-17(27-19)20(22,23)24/h2-12H,1H3,(H,25,28). The molecule has 0 fully saturated rings. The van der Waals surface area contributed by atoms with Crippen LogP contribution in [0.1, 0.15) is 12.6 Å². The number of benzene rings is 2. The van der Waals surface area contributed by atoms with Crippen molar-refractivity contribution in [2.45, 2.75) is 23.5 Å². The van der Waals surface area contributed by atoms with Crippen molar-refractivity contribution in [2.24, 2.45) is 0 Å². The Kier molecular flexibility index (Phi) is 6.44. The fourth-order valence-corrected chi connectivity index (χ4v) is 3.28. The van der Waals surface area contributed by atoms with Crippen LogP contribution in [0, 0.1) is 0 Å². The van der Waals surface area contributed by atoms with Crippen LogP contribution < -0.4 is 5.32 Å². The smallest absolute Gasteiger partial charge is 0.325 e. The molecule has 29 heavy (non-hydrogen) atoms. The minimum atomic E-state index is -4.63. The first kappa shape index (κ1) is 21.1. The molecule has 150 valence electrons. The third kappa shape index (κ3) is 5.71. The zero-order chi connectivity index (χ0) is 21.0. The molecule has 0 aliphatic heterocycles. The number of amides is 1. The number of hydrogen-bond acceptors (Lipinski definition) is 4. The molecular formula is C20H15ClF3N3OS. The van der Waals surface area contributed by atoms with Crippen molar-refractivity contribution in [3.63, 3.8) is 0 Å². The third-order valence-corrected chi connectivity index (χ3v) is 5.04. The molecule has 4 nitrogen and oxygen atoms in total. The summed E-state index contributed by atoms with van der Waals surface area (Å²) in [5.41, 5.74) is 0.141. The number of aromatic nitrogens is 2. The number of nitrogens with zero attached hydrogens (tertiary/aromatic N) is 2. The fourth-order valence-electron chi connectivity index (χ4n) is 2.37. The van der Waals surface area contributed by atoms with Crippen molar-refractivity contribution in [3.05, 3.63) is 71.4 Å². The highest BCUT2D eigenvalue weighted by Crippen LogP contribution is 2.33. The number of alkyl halides is 3. The van der Waals surface area contributed by atoms with Crippen molar-refractivity contribution >= 4 is 35.0 Å². The third-order valence-electron chi connectivity index (χ3n) is 3.83. The van der Waals surface area contributed by atoms with E-state index in [1.54, 1.807) is 61.5 Å². The number of hydrogen-bond donors (Lipinski definition) is 1. The van der Waals surface area contributed by atoms with Gasteiger partial charge in [-0.3, -0.25) is 4.79 Å². The number of carbonyl (C=O) groups excluding carboxylic acids is 1. The summed E-state index contributed by atoms with van der Waals surface area (Å²) < 4.78 is 39.9. The molecule has 1 N–H and O–H groups in total. The second-order valence-corrected chi connectivity index (χ2v) is 7.79. The Hall–Kier alpha value is -2.58. The predicted octanol–water partition coefficient (Wildman–Crippen LogP) is 5.94. The molecular weight excluding hydrogens is 423 g/mol. The highest BCUT2D eigenvalue weighted by molar-refractivity contribution is 8.00. The summed E-state index contributed by atoms with van der Waals surface area (Å²) in [5.74, 6) is -0.389. The van der Waals surface area contributed by atoms with Crippen LogP contribution in [-0.4, -0.2) is 21.1 Å². The van der Waals surface area contributed by atoms with Gasteiger partial charge in [0.25, 0.3) is 0 Å². The Morgan fingerprint density at radius 2 is 1.72 bits per heavy atom. The number of nitrogens with one attached hydrogen (secondary N) is 1. The van der Waals surface area contributed by atoms with E-state index in [0.29, 0.717) is 16.3 Å². The lowest BCUT2D eigenvalue weighted by Crippen LogP contribution is -2.23. The van der Waals surface area contributed by atoms with Gasteiger partial charge in [-0.05, 0) is 37.3 Å². The van der Waals surface area contributed by atoms with Crippen LogP contribution in [0.4, 0.5) is 18.9 Å². The van der Waals surface area contributed by atoms with E-state index in [9.17, 15) is 18.0 Å². The normalized spacial score (nSPS) is 12.4. The molecule has 2 aromatic carbocycles. The summed E-state index contributed by atoms with van der Waals surface area (Å²) in [7, 11) is 0. The van der Waals surface area contributed by atoms with E-state index in [1.165, 1.54) is 0 Å². The maximum Gasteiger partial charge on any atom is 0.433 e. The summed E-state index contributed by atoms with van der Waals surface area (Å²) >= 11 is 6.66. The summed E-state index contributed by atoms with van der Waals surface area (Å²) in [6, 6.07) is 15.9. The van der Waals surface area contributed by atoms with E-state index in [4.69, 9.17) is 11.6 Å². The molecule has 1 heterocycles. The van der Waals surface area contributed by atoms with Crippen molar-refractivity contribution in [1.82, 2.24) is 9.97 Å². The number of rotatable bonds is 5.